The van der Waals surface area contributed by atoms with E-state index in [0.29, 0.717) is 6.04 Å². The number of hydrogen-bond acceptors (Lipinski definition) is 2. The molecule has 0 radical (unpaired) electrons. The van der Waals surface area contributed by atoms with Crippen LogP contribution in [0, 0.1) is 5.92 Å². The van der Waals surface area contributed by atoms with Crippen LogP contribution in [0.2, 0.25) is 0 Å². The van der Waals surface area contributed by atoms with Gasteiger partial charge in [-0.1, -0.05) is 65.7 Å². The average Bonchev–Trinajstić information content (AvgIpc) is 2.44. The maximum Gasteiger partial charge on any atom is 0.0223 e. The Kier molecular flexibility index (Phi) is 10.4. The lowest BCUT2D eigenvalue weighted by molar-refractivity contribution is 0.116. The largest absolute Gasteiger partial charge is 0.311 e. The highest BCUT2D eigenvalue weighted by atomic mass is 15.2. The molecular weight excluding hydrogens is 256 g/mol. The van der Waals surface area contributed by atoms with E-state index in [1.54, 1.807) is 0 Å². The van der Waals surface area contributed by atoms with Crippen LogP contribution in [0.15, 0.2) is 0 Å². The first kappa shape index (κ1) is 19.0. The highest BCUT2D eigenvalue weighted by molar-refractivity contribution is 4.84. The van der Waals surface area contributed by atoms with Crippen molar-refractivity contribution in [3.05, 3.63) is 0 Å². The van der Waals surface area contributed by atoms with Gasteiger partial charge in [0, 0.05) is 25.2 Å². The molecule has 1 N–H and O–H groups in total. The van der Waals surface area contributed by atoms with E-state index >= 15 is 0 Å². The minimum Gasteiger partial charge on any atom is -0.311 e. The van der Waals surface area contributed by atoms with Crippen molar-refractivity contribution in [2.24, 2.45) is 5.92 Å². The van der Waals surface area contributed by atoms with Crippen LogP contribution in [0.1, 0.15) is 85.5 Å². The summed E-state index contributed by atoms with van der Waals surface area (Å²) in [6.45, 7) is 13.1. The highest BCUT2D eigenvalue weighted by Crippen LogP contribution is 2.17. The van der Waals surface area contributed by atoms with Crippen LogP contribution < -0.4 is 5.32 Å². The molecule has 2 atom stereocenters. The van der Waals surface area contributed by atoms with E-state index in [9.17, 15) is 0 Å². The number of unbranched alkanes of at least 4 members (excludes halogenated alkanes) is 7. The zero-order valence-electron chi connectivity index (χ0n) is 15.2. The SMILES string of the molecule is CCCCCCCCCCN1CC(C)NCC1CC(C)C. The molecule has 1 aliphatic rings. The lowest BCUT2D eigenvalue weighted by Crippen LogP contribution is -2.55. The van der Waals surface area contributed by atoms with E-state index in [4.69, 9.17) is 0 Å². The molecule has 21 heavy (non-hydrogen) atoms. The Hall–Kier alpha value is -0.0800. The summed E-state index contributed by atoms with van der Waals surface area (Å²) >= 11 is 0. The molecule has 1 fully saturated rings. The average molecular weight is 297 g/mol. The summed E-state index contributed by atoms with van der Waals surface area (Å²) in [7, 11) is 0. The molecule has 0 saturated carbocycles. The van der Waals surface area contributed by atoms with Crippen LogP contribution in [0.25, 0.3) is 0 Å². The molecule has 2 nitrogen and oxygen atoms in total. The summed E-state index contributed by atoms with van der Waals surface area (Å²) in [5, 5.41) is 3.66. The molecule has 0 aromatic rings. The van der Waals surface area contributed by atoms with Gasteiger partial charge < -0.3 is 5.32 Å². The van der Waals surface area contributed by atoms with E-state index in [1.807, 2.05) is 0 Å². The Labute approximate surface area is 134 Å². The fourth-order valence-corrected chi connectivity index (χ4v) is 3.53. The Bertz CT molecular complexity index is 240. The van der Waals surface area contributed by atoms with Crippen LogP contribution in [0.5, 0.6) is 0 Å². The van der Waals surface area contributed by atoms with Crippen LogP contribution in [-0.4, -0.2) is 36.6 Å². The van der Waals surface area contributed by atoms with Gasteiger partial charge in [0.05, 0.1) is 0 Å². The van der Waals surface area contributed by atoms with Crippen LogP contribution in [0.4, 0.5) is 0 Å². The Balaban J connectivity index is 2.12. The second-order valence-corrected chi connectivity index (χ2v) is 7.56. The Morgan fingerprint density at radius 2 is 1.62 bits per heavy atom. The first-order chi connectivity index (χ1) is 10.1. The summed E-state index contributed by atoms with van der Waals surface area (Å²) in [6.07, 6.45) is 12.8. The second-order valence-electron chi connectivity index (χ2n) is 7.56. The summed E-state index contributed by atoms with van der Waals surface area (Å²) in [6, 6.07) is 1.44. The van der Waals surface area contributed by atoms with Crippen molar-refractivity contribution in [3.8, 4) is 0 Å². The van der Waals surface area contributed by atoms with Crippen LogP contribution in [0.3, 0.4) is 0 Å². The maximum absolute atomic E-state index is 3.66. The molecule has 126 valence electrons. The van der Waals surface area contributed by atoms with Crippen molar-refractivity contribution in [1.82, 2.24) is 10.2 Å². The van der Waals surface area contributed by atoms with Crippen molar-refractivity contribution in [2.75, 3.05) is 19.6 Å². The topological polar surface area (TPSA) is 15.3 Å². The molecule has 1 saturated heterocycles. The maximum atomic E-state index is 3.66. The van der Waals surface area contributed by atoms with Gasteiger partial charge in [0.15, 0.2) is 0 Å². The third-order valence-corrected chi connectivity index (χ3v) is 4.77. The summed E-state index contributed by atoms with van der Waals surface area (Å²) < 4.78 is 0. The molecule has 0 spiro atoms. The van der Waals surface area contributed by atoms with Gasteiger partial charge in [-0.05, 0) is 32.2 Å². The van der Waals surface area contributed by atoms with E-state index in [0.717, 1.165) is 12.0 Å². The van der Waals surface area contributed by atoms with Crippen molar-refractivity contribution < 1.29 is 0 Å². The standard InChI is InChI=1S/C19H40N2/c1-5-6-7-8-9-10-11-12-13-21-16-18(4)20-15-19(21)14-17(2)3/h17-20H,5-16H2,1-4H3. The van der Waals surface area contributed by atoms with Crippen LogP contribution >= 0.6 is 0 Å². The predicted octanol–water partition coefficient (Wildman–Crippen LogP) is 4.84. The lowest BCUT2D eigenvalue weighted by atomic mass is 9.98. The van der Waals surface area contributed by atoms with Gasteiger partial charge in [-0.3, -0.25) is 4.90 Å². The molecule has 2 unspecified atom stereocenters. The number of nitrogens with one attached hydrogen (secondary N) is 1. The molecule has 0 aromatic carbocycles. The summed E-state index contributed by atoms with van der Waals surface area (Å²) in [5.74, 6) is 0.811. The molecule has 0 aromatic heterocycles. The minimum absolute atomic E-state index is 0.669. The van der Waals surface area contributed by atoms with Gasteiger partial charge in [0.2, 0.25) is 0 Å². The molecule has 0 aliphatic carbocycles. The van der Waals surface area contributed by atoms with Gasteiger partial charge in [0.1, 0.15) is 0 Å². The molecule has 1 rings (SSSR count). The van der Waals surface area contributed by atoms with Gasteiger partial charge in [-0.2, -0.15) is 0 Å². The van der Waals surface area contributed by atoms with E-state index in [-0.39, 0.29) is 0 Å². The zero-order chi connectivity index (χ0) is 15.5. The predicted molar refractivity (Wildman–Crippen MR) is 94.9 cm³/mol. The van der Waals surface area contributed by atoms with E-state index < -0.39 is 0 Å². The number of rotatable bonds is 11. The number of nitrogens with zero attached hydrogens (tertiary/aromatic N) is 1. The molecule has 1 aliphatic heterocycles. The minimum atomic E-state index is 0.669. The summed E-state index contributed by atoms with van der Waals surface area (Å²) in [5.41, 5.74) is 0. The molecular formula is C19H40N2. The van der Waals surface area contributed by atoms with Gasteiger partial charge in [0.25, 0.3) is 0 Å². The van der Waals surface area contributed by atoms with Gasteiger partial charge in [-0.15, -0.1) is 0 Å². The number of piperazine rings is 1. The van der Waals surface area contributed by atoms with Crippen molar-refractivity contribution in [2.45, 2.75) is 97.6 Å². The third kappa shape index (κ3) is 8.83. The van der Waals surface area contributed by atoms with Crippen molar-refractivity contribution in [3.63, 3.8) is 0 Å². The zero-order valence-corrected chi connectivity index (χ0v) is 15.2. The van der Waals surface area contributed by atoms with Gasteiger partial charge >= 0.3 is 0 Å². The first-order valence-electron chi connectivity index (χ1n) is 9.61. The Morgan fingerprint density at radius 3 is 2.24 bits per heavy atom. The Morgan fingerprint density at radius 1 is 1.00 bits per heavy atom. The number of hydrogen-bond donors (Lipinski definition) is 1. The first-order valence-corrected chi connectivity index (χ1v) is 9.61. The molecule has 0 bridgehead atoms. The summed E-state index contributed by atoms with van der Waals surface area (Å²) in [4.78, 5) is 2.76. The lowest BCUT2D eigenvalue weighted by Gasteiger charge is -2.40. The smallest absolute Gasteiger partial charge is 0.0223 e. The monoisotopic (exact) mass is 296 g/mol. The highest BCUT2D eigenvalue weighted by Gasteiger charge is 2.25. The van der Waals surface area contributed by atoms with Crippen LogP contribution in [-0.2, 0) is 0 Å². The van der Waals surface area contributed by atoms with Crippen molar-refractivity contribution >= 4 is 0 Å². The third-order valence-electron chi connectivity index (χ3n) is 4.77. The quantitative estimate of drug-likeness (QED) is 0.549. The molecule has 1 heterocycles. The van der Waals surface area contributed by atoms with E-state index in [2.05, 4.69) is 37.9 Å². The molecule has 2 heteroatoms. The van der Waals surface area contributed by atoms with Gasteiger partial charge in [-0.25, -0.2) is 0 Å². The fourth-order valence-electron chi connectivity index (χ4n) is 3.53. The normalized spacial score (nSPS) is 23.9. The van der Waals surface area contributed by atoms with Crippen molar-refractivity contribution in [1.29, 1.82) is 0 Å². The second kappa shape index (κ2) is 11.5. The van der Waals surface area contributed by atoms with E-state index in [1.165, 1.54) is 77.4 Å². The molecule has 0 amide bonds. The fraction of sp³-hybridized carbons (Fsp3) is 1.00.